The SMILES string of the molecule is CN1CCS(=O)(=O)[C@@H]2CCN(C(=O)C(C)(C)C)CC[C@@H]21.O=C(O)C(F)(F)F. The monoisotopic (exact) mass is 416 g/mol. The maximum absolute atomic E-state index is 12.4. The van der Waals surface area contributed by atoms with E-state index in [2.05, 4.69) is 4.90 Å². The summed E-state index contributed by atoms with van der Waals surface area (Å²) in [5, 5.41) is 6.82. The number of nitrogens with zero attached hydrogens (tertiary/aromatic N) is 2. The van der Waals surface area contributed by atoms with Crippen molar-refractivity contribution < 1.29 is 36.3 Å². The van der Waals surface area contributed by atoms with Gasteiger partial charge in [-0.25, -0.2) is 13.2 Å². The fourth-order valence-corrected chi connectivity index (χ4v) is 5.38. The third-order valence-electron chi connectivity index (χ3n) is 4.73. The van der Waals surface area contributed by atoms with Crippen molar-refractivity contribution in [2.75, 3.05) is 32.4 Å². The van der Waals surface area contributed by atoms with Gasteiger partial charge < -0.3 is 14.9 Å². The first kappa shape index (κ1) is 23.7. The molecular formula is C16H27F3N2O5S. The van der Waals surface area contributed by atoms with Crippen LogP contribution < -0.4 is 0 Å². The topological polar surface area (TPSA) is 95.0 Å². The fourth-order valence-electron chi connectivity index (χ4n) is 3.25. The predicted molar refractivity (Wildman–Crippen MR) is 93.0 cm³/mol. The molecule has 2 atom stereocenters. The summed E-state index contributed by atoms with van der Waals surface area (Å²) in [4.78, 5) is 25.3. The molecule has 0 aromatic rings. The Kier molecular flexibility index (Phi) is 7.31. The van der Waals surface area contributed by atoms with Crippen LogP contribution in [0, 0.1) is 5.41 Å². The summed E-state index contributed by atoms with van der Waals surface area (Å²) in [5.74, 6) is -2.39. The number of amides is 1. The lowest BCUT2D eigenvalue weighted by atomic mass is 9.94. The minimum atomic E-state index is -5.08. The summed E-state index contributed by atoms with van der Waals surface area (Å²) in [5.41, 5.74) is -0.402. The van der Waals surface area contributed by atoms with Gasteiger partial charge in [0.1, 0.15) is 0 Å². The van der Waals surface area contributed by atoms with Crippen LogP contribution in [-0.2, 0) is 19.4 Å². The van der Waals surface area contributed by atoms with Crippen molar-refractivity contribution in [1.82, 2.24) is 9.80 Å². The average Bonchev–Trinajstić information content (AvgIpc) is 2.73. The van der Waals surface area contributed by atoms with Gasteiger partial charge in [0, 0.05) is 31.1 Å². The first-order valence-corrected chi connectivity index (χ1v) is 10.3. The van der Waals surface area contributed by atoms with Gasteiger partial charge in [0.15, 0.2) is 9.84 Å². The lowest BCUT2D eigenvalue weighted by Gasteiger charge is -2.37. The number of carbonyl (C=O) groups is 2. The van der Waals surface area contributed by atoms with Gasteiger partial charge in [-0.15, -0.1) is 0 Å². The second kappa shape index (κ2) is 8.34. The largest absolute Gasteiger partial charge is 0.490 e. The zero-order valence-electron chi connectivity index (χ0n) is 15.9. The highest BCUT2D eigenvalue weighted by Gasteiger charge is 2.42. The van der Waals surface area contributed by atoms with E-state index in [1.165, 1.54) is 0 Å². The van der Waals surface area contributed by atoms with Gasteiger partial charge in [-0.2, -0.15) is 13.2 Å². The van der Waals surface area contributed by atoms with Crippen molar-refractivity contribution in [1.29, 1.82) is 0 Å². The smallest absolute Gasteiger partial charge is 0.475 e. The second-order valence-corrected chi connectivity index (χ2v) is 10.2. The number of halogens is 3. The quantitative estimate of drug-likeness (QED) is 0.641. The first-order valence-electron chi connectivity index (χ1n) is 8.58. The van der Waals surface area contributed by atoms with Gasteiger partial charge in [-0.3, -0.25) is 4.79 Å². The van der Waals surface area contributed by atoms with E-state index in [9.17, 15) is 26.4 Å². The molecule has 0 unspecified atom stereocenters. The Bertz CT molecular complexity index is 658. The molecule has 1 N–H and O–H groups in total. The molecule has 0 spiro atoms. The second-order valence-electron chi connectivity index (χ2n) is 7.88. The molecule has 0 aromatic carbocycles. The molecule has 2 fully saturated rings. The van der Waals surface area contributed by atoms with Crippen LogP contribution in [0.4, 0.5) is 13.2 Å². The van der Waals surface area contributed by atoms with Crippen molar-refractivity contribution in [3.05, 3.63) is 0 Å². The van der Waals surface area contributed by atoms with E-state index >= 15 is 0 Å². The van der Waals surface area contributed by atoms with Crippen LogP contribution >= 0.6 is 0 Å². The standard InChI is InChI=1S/C14H26N2O3S.C2HF3O2/c1-14(2,3)13(17)16-7-5-11-12(6-8-16)20(18,19)10-9-15(11)4;3-2(4,5)1(6)7/h11-12H,5-10H2,1-4H3;(H,6,7)/t11-,12+;/m0./s1. The number of sulfone groups is 1. The van der Waals surface area contributed by atoms with Crippen molar-refractivity contribution in [3.8, 4) is 0 Å². The van der Waals surface area contributed by atoms with E-state index in [0.29, 0.717) is 26.1 Å². The molecule has 0 aliphatic carbocycles. The number of rotatable bonds is 0. The summed E-state index contributed by atoms with van der Waals surface area (Å²) < 4.78 is 56.3. The molecule has 0 bridgehead atoms. The third kappa shape index (κ3) is 6.34. The number of hydrogen-bond acceptors (Lipinski definition) is 5. The zero-order chi connectivity index (χ0) is 21.2. The molecule has 2 saturated heterocycles. The maximum Gasteiger partial charge on any atom is 0.490 e. The van der Waals surface area contributed by atoms with Gasteiger partial charge in [0.25, 0.3) is 0 Å². The lowest BCUT2D eigenvalue weighted by molar-refractivity contribution is -0.192. The van der Waals surface area contributed by atoms with E-state index in [4.69, 9.17) is 9.90 Å². The predicted octanol–water partition coefficient (Wildman–Crippen LogP) is 1.39. The normalized spacial score (nSPS) is 26.3. The summed E-state index contributed by atoms with van der Waals surface area (Å²) >= 11 is 0. The van der Waals surface area contributed by atoms with Gasteiger partial charge in [0.2, 0.25) is 5.91 Å². The molecule has 0 radical (unpaired) electrons. The molecule has 2 aliphatic rings. The number of hydrogen-bond donors (Lipinski definition) is 1. The van der Waals surface area contributed by atoms with Crippen LogP contribution in [0.5, 0.6) is 0 Å². The van der Waals surface area contributed by atoms with Crippen molar-refractivity contribution in [3.63, 3.8) is 0 Å². The molecule has 11 heteroatoms. The van der Waals surface area contributed by atoms with Crippen LogP contribution in [-0.4, -0.2) is 85.1 Å². The summed E-state index contributed by atoms with van der Waals surface area (Å²) in [7, 11) is -1.01. The summed E-state index contributed by atoms with van der Waals surface area (Å²) in [6.45, 7) is 7.57. The minimum Gasteiger partial charge on any atom is -0.475 e. The molecule has 0 saturated carbocycles. The van der Waals surface area contributed by atoms with Crippen LogP contribution in [0.1, 0.15) is 33.6 Å². The third-order valence-corrected chi connectivity index (χ3v) is 6.96. The van der Waals surface area contributed by atoms with E-state index < -0.39 is 27.4 Å². The van der Waals surface area contributed by atoms with E-state index in [1.807, 2.05) is 32.7 Å². The number of fused-ring (bicyclic) bond motifs is 1. The van der Waals surface area contributed by atoms with Crippen LogP contribution in [0.2, 0.25) is 0 Å². The average molecular weight is 416 g/mol. The Labute approximate surface area is 157 Å². The van der Waals surface area contributed by atoms with Crippen molar-refractivity contribution in [2.24, 2.45) is 5.41 Å². The minimum absolute atomic E-state index is 0.0616. The van der Waals surface area contributed by atoms with Gasteiger partial charge in [-0.1, -0.05) is 20.8 Å². The molecule has 2 aliphatic heterocycles. The molecule has 7 nitrogen and oxygen atoms in total. The molecule has 1 amide bonds. The van der Waals surface area contributed by atoms with E-state index in [0.717, 1.165) is 6.42 Å². The number of carboxylic acid groups (broad SMARTS) is 1. The highest BCUT2D eigenvalue weighted by atomic mass is 32.2. The number of aliphatic carboxylic acids is 1. The van der Waals surface area contributed by atoms with Crippen molar-refractivity contribution >= 4 is 21.7 Å². The molecule has 158 valence electrons. The van der Waals surface area contributed by atoms with Gasteiger partial charge >= 0.3 is 12.1 Å². The molecular weight excluding hydrogens is 389 g/mol. The Balaban J connectivity index is 0.000000445. The fraction of sp³-hybridized carbons (Fsp3) is 0.875. The summed E-state index contributed by atoms with van der Waals surface area (Å²) in [6.07, 6.45) is -3.76. The Morgan fingerprint density at radius 3 is 1.96 bits per heavy atom. The number of carbonyl (C=O) groups excluding carboxylic acids is 1. The Morgan fingerprint density at radius 2 is 1.52 bits per heavy atom. The Morgan fingerprint density at radius 1 is 1.04 bits per heavy atom. The van der Waals surface area contributed by atoms with Gasteiger partial charge in [0.05, 0.1) is 11.0 Å². The van der Waals surface area contributed by atoms with Crippen LogP contribution in [0.3, 0.4) is 0 Å². The Hall–Kier alpha value is -1.36. The molecule has 27 heavy (non-hydrogen) atoms. The lowest BCUT2D eigenvalue weighted by Crippen LogP contribution is -2.52. The first-order chi connectivity index (χ1) is 12.1. The van der Waals surface area contributed by atoms with E-state index in [1.54, 1.807) is 0 Å². The molecule has 0 aromatic heterocycles. The number of carboxylic acids is 1. The highest BCUT2D eigenvalue weighted by Crippen LogP contribution is 2.28. The number of likely N-dealkylation sites (tertiary alicyclic amines) is 1. The number of alkyl halides is 3. The maximum atomic E-state index is 12.4. The van der Waals surface area contributed by atoms with Gasteiger partial charge in [-0.05, 0) is 19.9 Å². The van der Waals surface area contributed by atoms with E-state index in [-0.39, 0.29) is 23.0 Å². The molecule has 2 heterocycles. The zero-order valence-corrected chi connectivity index (χ0v) is 16.7. The summed E-state index contributed by atoms with van der Waals surface area (Å²) in [6, 6.07) is 0.0616. The highest BCUT2D eigenvalue weighted by molar-refractivity contribution is 7.92. The van der Waals surface area contributed by atoms with Crippen molar-refractivity contribution in [2.45, 2.75) is 51.1 Å². The molecule has 2 rings (SSSR count). The van der Waals surface area contributed by atoms with Crippen LogP contribution in [0.25, 0.3) is 0 Å². The van der Waals surface area contributed by atoms with Crippen LogP contribution in [0.15, 0.2) is 0 Å².